The summed E-state index contributed by atoms with van der Waals surface area (Å²) in [6, 6.07) is 5.49. The Balaban J connectivity index is 1.95. The van der Waals surface area contributed by atoms with Crippen LogP contribution in [0.15, 0.2) is 18.2 Å². The standard InChI is InChI=1S/C17H23NO5/c1-22-13-7-5-12(11-14(13)23-2)6-8-15(19)18-17(16(20)21)9-3-4-10-17/h5,7,11H,3-4,6,8-10H2,1-2H3,(H,18,19)(H,20,21). The van der Waals surface area contributed by atoms with E-state index in [1.54, 1.807) is 20.3 Å². The highest BCUT2D eigenvalue weighted by Crippen LogP contribution is 2.30. The highest BCUT2D eigenvalue weighted by atomic mass is 16.5. The number of ether oxygens (including phenoxy) is 2. The van der Waals surface area contributed by atoms with Crippen molar-refractivity contribution in [2.24, 2.45) is 0 Å². The molecule has 0 heterocycles. The molecule has 0 unspecified atom stereocenters. The number of carboxylic acid groups (broad SMARTS) is 1. The van der Waals surface area contributed by atoms with Gasteiger partial charge in [0.2, 0.25) is 5.91 Å². The summed E-state index contributed by atoms with van der Waals surface area (Å²) in [6.45, 7) is 0. The molecule has 2 rings (SSSR count). The van der Waals surface area contributed by atoms with Gasteiger partial charge in [-0.15, -0.1) is 0 Å². The molecule has 0 radical (unpaired) electrons. The number of amides is 1. The van der Waals surface area contributed by atoms with Gasteiger partial charge in [0.25, 0.3) is 0 Å². The van der Waals surface area contributed by atoms with E-state index in [0.717, 1.165) is 18.4 Å². The number of hydrogen-bond donors (Lipinski definition) is 2. The third kappa shape index (κ3) is 3.94. The molecule has 23 heavy (non-hydrogen) atoms. The van der Waals surface area contributed by atoms with Crippen LogP contribution in [0, 0.1) is 0 Å². The molecule has 0 spiro atoms. The molecule has 1 fully saturated rings. The zero-order chi connectivity index (χ0) is 16.9. The van der Waals surface area contributed by atoms with Gasteiger partial charge in [-0.05, 0) is 37.0 Å². The fraction of sp³-hybridized carbons (Fsp3) is 0.529. The Hall–Kier alpha value is -2.24. The van der Waals surface area contributed by atoms with Crippen LogP contribution in [0.4, 0.5) is 0 Å². The summed E-state index contributed by atoms with van der Waals surface area (Å²) < 4.78 is 10.4. The number of carbonyl (C=O) groups is 2. The maximum absolute atomic E-state index is 12.1. The number of carbonyl (C=O) groups excluding carboxylic acids is 1. The number of aliphatic carboxylic acids is 1. The van der Waals surface area contributed by atoms with Crippen molar-refractivity contribution in [3.8, 4) is 11.5 Å². The van der Waals surface area contributed by atoms with Gasteiger partial charge in [0.05, 0.1) is 14.2 Å². The van der Waals surface area contributed by atoms with Crippen LogP contribution in [-0.2, 0) is 16.0 Å². The first-order valence-electron chi connectivity index (χ1n) is 7.76. The van der Waals surface area contributed by atoms with E-state index in [1.807, 2.05) is 12.1 Å². The lowest BCUT2D eigenvalue weighted by atomic mass is 9.97. The lowest BCUT2D eigenvalue weighted by molar-refractivity contribution is -0.147. The van der Waals surface area contributed by atoms with Crippen LogP contribution in [0.3, 0.4) is 0 Å². The largest absolute Gasteiger partial charge is 0.493 e. The van der Waals surface area contributed by atoms with Crippen LogP contribution in [0.2, 0.25) is 0 Å². The van der Waals surface area contributed by atoms with Crippen LogP contribution >= 0.6 is 0 Å². The van der Waals surface area contributed by atoms with E-state index in [9.17, 15) is 14.7 Å². The molecular formula is C17H23NO5. The van der Waals surface area contributed by atoms with Crippen LogP contribution in [0.25, 0.3) is 0 Å². The quantitative estimate of drug-likeness (QED) is 0.804. The van der Waals surface area contributed by atoms with Crippen molar-refractivity contribution in [3.63, 3.8) is 0 Å². The normalized spacial score (nSPS) is 15.9. The van der Waals surface area contributed by atoms with E-state index in [0.29, 0.717) is 30.8 Å². The molecule has 126 valence electrons. The molecule has 0 aliphatic heterocycles. The monoisotopic (exact) mass is 321 g/mol. The Bertz CT molecular complexity index is 578. The van der Waals surface area contributed by atoms with E-state index in [-0.39, 0.29) is 12.3 Å². The van der Waals surface area contributed by atoms with Crippen molar-refractivity contribution in [2.45, 2.75) is 44.1 Å². The molecule has 1 aliphatic rings. The van der Waals surface area contributed by atoms with Crippen molar-refractivity contribution in [1.29, 1.82) is 0 Å². The summed E-state index contributed by atoms with van der Waals surface area (Å²) >= 11 is 0. The third-order valence-corrected chi connectivity index (χ3v) is 4.33. The fourth-order valence-electron chi connectivity index (χ4n) is 2.99. The Morgan fingerprint density at radius 3 is 2.39 bits per heavy atom. The molecule has 1 aliphatic carbocycles. The number of hydrogen-bond acceptors (Lipinski definition) is 4. The summed E-state index contributed by atoms with van der Waals surface area (Å²) in [4.78, 5) is 23.6. The molecule has 1 aromatic carbocycles. The topological polar surface area (TPSA) is 84.9 Å². The number of benzene rings is 1. The minimum absolute atomic E-state index is 0.232. The van der Waals surface area contributed by atoms with Gasteiger partial charge in [-0.2, -0.15) is 0 Å². The van der Waals surface area contributed by atoms with E-state index in [1.165, 1.54) is 0 Å². The van der Waals surface area contributed by atoms with Crippen LogP contribution in [0.5, 0.6) is 11.5 Å². The SMILES string of the molecule is COc1ccc(CCC(=O)NC2(C(=O)O)CCCC2)cc1OC. The second kappa shape index (κ2) is 7.35. The molecule has 6 heteroatoms. The number of methoxy groups -OCH3 is 2. The summed E-state index contributed by atoms with van der Waals surface area (Å²) in [6.07, 6.45) is 3.44. The van der Waals surface area contributed by atoms with Crippen molar-refractivity contribution in [3.05, 3.63) is 23.8 Å². The molecule has 1 aromatic rings. The third-order valence-electron chi connectivity index (χ3n) is 4.33. The van der Waals surface area contributed by atoms with Gasteiger partial charge in [0, 0.05) is 6.42 Å². The molecule has 0 bridgehead atoms. The summed E-state index contributed by atoms with van der Waals surface area (Å²) in [7, 11) is 3.13. The van der Waals surface area contributed by atoms with Gasteiger partial charge in [-0.3, -0.25) is 4.79 Å². The Morgan fingerprint density at radius 2 is 1.83 bits per heavy atom. The van der Waals surface area contributed by atoms with E-state index in [2.05, 4.69) is 5.32 Å². The minimum Gasteiger partial charge on any atom is -0.493 e. The van der Waals surface area contributed by atoms with Gasteiger partial charge < -0.3 is 19.9 Å². The summed E-state index contributed by atoms with van der Waals surface area (Å²) in [5, 5.41) is 12.1. The number of rotatable bonds is 7. The second-order valence-electron chi connectivity index (χ2n) is 5.83. The highest BCUT2D eigenvalue weighted by molar-refractivity contribution is 5.87. The smallest absolute Gasteiger partial charge is 0.329 e. The molecule has 2 N–H and O–H groups in total. The Labute approximate surface area is 135 Å². The highest BCUT2D eigenvalue weighted by Gasteiger charge is 2.42. The molecule has 0 aromatic heterocycles. The number of carboxylic acids is 1. The van der Waals surface area contributed by atoms with Gasteiger partial charge >= 0.3 is 5.97 Å². The predicted octanol–water partition coefficient (Wildman–Crippen LogP) is 2.15. The molecule has 1 amide bonds. The first-order valence-corrected chi connectivity index (χ1v) is 7.76. The Kier molecular flexibility index (Phi) is 5.47. The summed E-state index contributed by atoms with van der Waals surface area (Å²) in [5.41, 5.74) is -0.136. The van der Waals surface area contributed by atoms with E-state index >= 15 is 0 Å². The minimum atomic E-state index is -1.07. The van der Waals surface area contributed by atoms with Crippen LogP contribution < -0.4 is 14.8 Å². The average Bonchev–Trinajstić information content (AvgIpc) is 3.02. The first-order chi connectivity index (χ1) is 11.0. The van der Waals surface area contributed by atoms with E-state index < -0.39 is 11.5 Å². The van der Waals surface area contributed by atoms with Crippen LogP contribution in [-0.4, -0.2) is 36.7 Å². The molecule has 1 saturated carbocycles. The molecule has 0 saturated heterocycles. The van der Waals surface area contributed by atoms with Crippen molar-refractivity contribution < 1.29 is 24.2 Å². The maximum atomic E-state index is 12.1. The lowest BCUT2D eigenvalue weighted by Crippen LogP contribution is -2.52. The molecular weight excluding hydrogens is 298 g/mol. The van der Waals surface area contributed by atoms with Crippen molar-refractivity contribution in [1.82, 2.24) is 5.32 Å². The van der Waals surface area contributed by atoms with Gasteiger partial charge in [-0.1, -0.05) is 18.9 Å². The lowest BCUT2D eigenvalue weighted by Gasteiger charge is -2.25. The zero-order valence-corrected chi connectivity index (χ0v) is 13.6. The maximum Gasteiger partial charge on any atom is 0.329 e. The average molecular weight is 321 g/mol. The number of nitrogens with one attached hydrogen (secondary N) is 1. The van der Waals surface area contributed by atoms with Gasteiger partial charge in [-0.25, -0.2) is 4.79 Å². The van der Waals surface area contributed by atoms with Crippen molar-refractivity contribution in [2.75, 3.05) is 14.2 Å². The molecule has 6 nitrogen and oxygen atoms in total. The first kappa shape index (κ1) is 17.1. The van der Waals surface area contributed by atoms with E-state index in [4.69, 9.17) is 9.47 Å². The second-order valence-corrected chi connectivity index (χ2v) is 5.83. The Morgan fingerprint density at radius 1 is 1.17 bits per heavy atom. The predicted molar refractivity (Wildman–Crippen MR) is 84.8 cm³/mol. The fourth-order valence-corrected chi connectivity index (χ4v) is 2.99. The van der Waals surface area contributed by atoms with Gasteiger partial charge in [0.15, 0.2) is 11.5 Å². The summed E-state index contributed by atoms with van der Waals surface area (Å²) in [5.74, 6) is 0.0817. The zero-order valence-electron chi connectivity index (χ0n) is 13.6. The number of aryl methyl sites for hydroxylation is 1. The van der Waals surface area contributed by atoms with Crippen molar-refractivity contribution >= 4 is 11.9 Å². The molecule has 0 atom stereocenters. The van der Waals surface area contributed by atoms with Gasteiger partial charge in [0.1, 0.15) is 5.54 Å². The van der Waals surface area contributed by atoms with Crippen LogP contribution in [0.1, 0.15) is 37.7 Å².